The molecule has 0 aromatic heterocycles. The van der Waals surface area contributed by atoms with Crippen LogP contribution in [0.3, 0.4) is 0 Å². The number of nitrogens with zero attached hydrogens (tertiary/aromatic N) is 1. The second-order valence-corrected chi connectivity index (χ2v) is 7.30. The first-order chi connectivity index (χ1) is 15.7. The summed E-state index contributed by atoms with van der Waals surface area (Å²) in [6.45, 7) is 5.30. The van der Waals surface area contributed by atoms with Gasteiger partial charge in [0.05, 0.1) is 5.56 Å². The number of aromatic hydroxyl groups is 1. The standard InChI is InChI=1S/C24H30N4O5/c1-4-28(12-11-27-22(30)15-32-3)19-8-5-18(21(29)14-19)13-16(2)24(31)33-20-9-6-17(7-10-20)23(25)26/h5-10,13-14,29H,4,11-12,15H2,1-3H3,(H3,25,26)(H,27,30)/p+1/b16-13+. The minimum absolute atomic E-state index is 0.0158. The third-order valence-electron chi connectivity index (χ3n) is 4.83. The Labute approximate surface area is 193 Å². The van der Waals surface area contributed by atoms with Gasteiger partial charge in [0.25, 0.3) is 5.84 Å². The summed E-state index contributed by atoms with van der Waals surface area (Å²) < 4.78 is 10.1. The number of ether oxygens (including phenoxy) is 2. The summed E-state index contributed by atoms with van der Waals surface area (Å²) in [6.07, 6.45) is 1.56. The van der Waals surface area contributed by atoms with Crippen molar-refractivity contribution in [2.75, 3.05) is 38.3 Å². The van der Waals surface area contributed by atoms with Crippen molar-refractivity contribution >= 4 is 29.5 Å². The van der Waals surface area contributed by atoms with E-state index >= 15 is 0 Å². The molecule has 9 heteroatoms. The topological polar surface area (TPSA) is 140 Å². The fourth-order valence-electron chi connectivity index (χ4n) is 3.03. The highest BCUT2D eigenvalue weighted by atomic mass is 16.5. The molecule has 0 heterocycles. The van der Waals surface area contributed by atoms with Gasteiger partial charge in [0.15, 0.2) is 0 Å². The smallest absolute Gasteiger partial charge is 0.339 e. The van der Waals surface area contributed by atoms with Crippen LogP contribution < -0.4 is 26.1 Å². The van der Waals surface area contributed by atoms with Gasteiger partial charge in [0, 0.05) is 49.6 Å². The number of anilines is 1. The minimum Gasteiger partial charge on any atom is -0.507 e. The molecule has 33 heavy (non-hydrogen) atoms. The molecule has 2 aromatic carbocycles. The van der Waals surface area contributed by atoms with Gasteiger partial charge in [-0.25, -0.2) is 4.79 Å². The number of nitrogens with one attached hydrogen (secondary N) is 1. The number of benzene rings is 2. The van der Waals surface area contributed by atoms with Gasteiger partial charge in [-0.15, -0.1) is 0 Å². The molecule has 0 spiro atoms. The second kappa shape index (κ2) is 12.3. The summed E-state index contributed by atoms with van der Waals surface area (Å²) in [4.78, 5) is 25.9. The molecule has 0 saturated heterocycles. The maximum Gasteiger partial charge on any atom is 0.339 e. The van der Waals surface area contributed by atoms with Crippen molar-refractivity contribution in [1.29, 1.82) is 0 Å². The zero-order chi connectivity index (χ0) is 24.4. The molecule has 0 unspecified atom stereocenters. The largest absolute Gasteiger partial charge is 0.507 e. The predicted octanol–water partition coefficient (Wildman–Crippen LogP) is 0.454. The Balaban J connectivity index is 2.03. The zero-order valence-corrected chi connectivity index (χ0v) is 19.1. The maximum atomic E-state index is 12.4. The van der Waals surface area contributed by atoms with Gasteiger partial charge in [-0.2, -0.15) is 0 Å². The van der Waals surface area contributed by atoms with Crippen molar-refractivity contribution in [1.82, 2.24) is 5.32 Å². The summed E-state index contributed by atoms with van der Waals surface area (Å²) in [6, 6.07) is 11.7. The molecule has 0 aliphatic carbocycles. The monoisotopic (exact) mass is 455 g/mol. The van der Waals surface area contributed by atoms with Gasteiger partial charge in [0.1, 0.15) is 18.1 Å². The molecule has 0 radical (unpaired) electrons. The molecule has 0 aliphatic rings. The Morgan fingerprint density at radius 3 is 2.48 bits per heavy atom. The molecule has 9 nitrogen and oxygen atoms in total. The van der Waals surface area contributed by atoms with Crippen molar-refractivity contribution in [2.45, 2.75) is 13.8 Å². The molecule has 0 atom stereocenters. The van der Waals surface area contributed by atoms with E-state index in [9.17, 15) is 14.7 Å². The summed E-state index contributed by atoms with van der Waals surface area (Å²) in [5, 5.41) is 18.8. The predicted molar refractivity (Wildman–Crippen MR) is 127 cm³/mol. The summed E-state index contributed by atoms with van der Waals surface area (Å²) in [7, 11) is 1.47. The van der Waals surface area contributed by atoms with E-state index in [1.165, 1.54) is 7.11 Å². The van der Waals surface area contributed by atoms with Crippen molar-refractivity contribution in [3.8, 4) is 11.5 Å². The van der Waals surface area contributed by atoms with Crippen LogP contribution in [0.25, 0.3) is 6.08 Å². The number of amides is 1. The van der Waals surface area contributed by atoms with Crippen LogP contribution in [0.2, 0.25) is 0 Å². The number of amidine groups is 1. The first kappa shape index (κ1) is 25.4. The minimum atomic E-state index is -0.544. The summed E-state index contributed by atoms with van der Waals surface area (Å²) >= 11 is 0. The first-order valence-corrected chi connectivity index (χ1v) is 10.5. The number of phenols is 1. The van der Waals surface area contributed by atoms with Crippen molar-refractivity contribution in [3.05, 3.63) is 59.2 Å². The van der Waals surface area contributed by atoms with Crippen LogP contribution >= 0.6 is 0 Å². The van der Waals surface area contributed by atoms with E-state index < -0.39 is 5.97 Å². The average Bonchev–Trinajstić information content (AvgIpc) is 2.78. The lowest BCUT2D eigenvalue weighted by Crippen LogP contribution is -2.46. The van der Waals surface area contributed by atoms with Crippen molar-refractivity contribution in [3.63, 3.8) is 0 Å². The highest BCUT2D eigenvalue weighted by Gasteiger charge is 2.12. The van der Waals surface area contributed by atoms with Gasteiger partial charge >= 0.3 is 5.97 Å². The quantitative estimate of drug-likeness (QED) is 0.127. The van der Waals surface area contributed by atoms with Crippen LogP contribution in [-0.2, 0) is 14.3 Å². The van der Waals surface area contributed by atoms with E-state index in [4.69, 9.17) is 20.6 Å². The Hall–Kier alpha value is -3.85. The van der Waals surface area contributed by atoms with Crippen LogP contribution in [0.1, 0.15) is 25.0 Å². The van der Waals surface area contributed by atoms with Crippen LogP contribution in [0.5, 0.6) is 11.5 Å². The van der Waals surface area contributed by atoms with E-state index in [2.05, 4.69) is 5.32 Å². The molecule has 176 valence electrons. The lowest BCUT2D eigenvalue weighted by Gasteiger charge is -2.23. The van der Waals surface area contributed by atoms with Crippen molar-refractivity contribution in [2.24, 2.45) is 5.73 Å². The van der Waals surface area contributed by atoms with Crippen LogP contribution in [0.4, 0.5) is 5.69 Å². The van der Waals surface area contributed by atoms with Gasteiger partial charge in [-0.3, -0.25) is 15.9 Å². The van der Waals surface area contributed by atoms with E-state index in [1.807, 2.05) is 17.9 Å². The normalized spacial score (nSPS) is 11.1. The molecule has 2 rings (SSSR count). The van der Waals surface area contributed by atoms with E-state index in [0.29, 0.717) is 42.1 Å². The second-order valence-electron chi connectivity index (χ2n) is 7.30. The van der Waals surface area contributed by atoms with Crippen LogP contribution in [0.15, 0.2) is 48.0 Å². The van der Waals surface area contributed by atoms with Crippen LogP contribution in [0, 0.1) is 0 Å². The number of rotatable bonds is 11. The molecule has 0 fully saturated rings. The molecule has 0 saturated carbocycles. The summed E-state index contributed by atoms with van der Waals surface area (Å²) in [5.41, 5.74) is 7.77. The number of likely N-dealkylation sites (N-methyl/N-ethyl adjacent to an activating group) is 1. The fourth-order valence-corrected chi connectivity index (χ4v) is 3.03. The number of carbonyl (C=O) groups is 2. The van der Waals surface area contributed by atoms with Crippen LogP contribution in [-0.4, -0.2) is 56.2 Å². The van der Waals surface area contributed by atoms with Gasteiger partial charge in [-0.1, -0.05) is 0 Å². The molecular weight excluding hydrogens is 424 g/mol. The highest BCUT2D eigenvalue weighted by molar-refractivity contribution is 5.95. The number of hydrogen-bond donors (Lipinski definition) is 4. The number of nitrogens with two attached hydrogens (primary N) is 2. The van der Waals surface area contributed by atoms with Gasteiger partial charge < -0.3 is 24.8 Å². The molecular formula is C24H31N4O5+. The third-order valence-corrected chi connectivity index (χ3v) is 4.83. The third kappa shape index (κ3) is 7.65. The molecule has 0 bridgehead atoms. The Morgan fingerprint density at radius 1 is 1.21 bits per heavy atom. The van der Waals surface area contributed by atoms with E-state index in [-0.39, 0.29) is 24.1 Å². The Bertz CT molecular complexity index is 1020. The number of esters is 1. The zero-order valence-electron chi connectivity index (χ0n) is 19.1. The van der Waals surface area contributed by atoms with E-state index in [0.717, 1.165) is 5.69 Å². The Morgan fingerprint density at radius 2 is 1.91 bits per heavy atom. The number of phenolic OH excluding ortho intramolecular Hbond substituents is 1. The fraction of sp³-hybridized carbons (Fsp3) is 0.292. The Kier molecular flexibility index (Phi) is 9.44. The number of hydrogen-bond acceptors (Lipinski definition) is 6. The molecule has 6 N–H and O–H groups in total. The summed E-state index contributed by atoms with van der Waals surface area (Å²) in [5.74, 6) is -0.163. The average molecular weight is 456 g/mol. The SMILES string of the molecule is CCN(CCNC(=O)COC)c1ccc(/C=C(\C)C(=O)Oc2ccc(C(N)=[NH2+])cc2)c(O)c1. The lowest BCUT2D eigenvalue weighted by molar-refractivity contribution is -0.130. The molecule has 2 aromatic rings. The molecule has 0 aliphatic heterocycles. The van der Waals surface area contributed by atoms with Gasteiger partial charge in [0.2, 0.25) is 5.91 Å². The molecule has 1 amide bonds. The number of carbonyl (C=O) groups excluding carboxylic acids is 2. The van der Waals surface area contributed by atoms with Gasteiger partial charge in [-0.05, 0) is 56.3 Å². The highest BCUT2D eigenvalue weighted by Crippen LogP contribution is 2.27. The maximum absolute atomic E-state index is 12.4. The van der Waals surface area contributed by atoms with E-state index in [1.54, 1.807) is 49.4 Å². The van der Waals surface area contributed by atoms with Crippen molar-refractivity contribution < 1.29 is 29.6 Å². The number of methoxy groups -OCH3 is 1. The lowest BCUT2D eigenvalue weighted by atomic mass is 10.1. The first-order valence-electron chi connectivity index (χ1n) is 10.5.